The monoisotopic (exact) mass is 263 g/mol. The highest BCUT2D eigenvalue weighted by Gasteiger charge is 2.18. The lowest BCUT2D eigenvalue weighted by Gasteiger charge is -2.24. The van der Waals surface area contributed by atoms with Crippen LogP contribution in [0, 0.1) is 12.8 Å². The van der Waals surface area contributed by atoms with E-state index >= 15 is 0 Å². The van der Waals surface area contributed by atoms with Gasteiger partial charge in [0.15, 0.2) is 0 Å². The summed E-state index contributed by atoms with van der Waals surface area (Å²) in [6.07, 6.45) is 4.52. The maximum Gasteiger partial charge on any atom is 0.0676 e. The molecule has 0 fully saturated rings. The third-order valence-electron chi connectivity index (χ3n) is 3.71. The van der Waals surface area contributed by atoms with Crippen LogP contribution in [0.4, 0.5) is 0 Å². The van der Waals surface area contributed by atoms with E-state index in [0.717, 1.165) is 36.7 Å². The van der Waals surface area contributed by atoms with E-state index in [1.54, 1.807) is 0 Å². The van der Waals surface area contributed by atoms with Gasteiger partial charge in [-0.3, -0.25) is 0 Å². The highest BCUT2D eigenvalue weighted by Crippen LogP contribution is 2.25. The number of nitrogens with zero attached hydrogens (tertiary/aromatic N) is 2. The van der Waals surface area contributed by atoms with Gasteiger partial charge in [0, 0.05) is 6.04 Å². The molecule has 0 aliphatic carbocycles. The van der Waals surface area contributed by atoms with Crippen molar-refractivity contribution in [2.75, 3.05) is 6.54 Å². The highest BCUT2D eigenvalue weighted by atomic mass is 15.1. The van der Waals surface area contributed by atoms with Crippen molar-refractivity contribution in [3.8, 4) is 0 Å². The standard InChI is InChI=1S/C16H29N3/c1-6-9-17-16(10-12(4)7-2)14-11-13(5)18-19-15(14)8-3/h11-12,16-17H,6-10H2,1-5H3. The first kappa shape index (κ1) is 16.1. The minimum Gasteiger partial charge on any atom is -0.310 e. The van der Waals surface area contributed by atoms with Gasteiger partial charge < -0.3 is 5.32 Å². The predicted octanol–water partition coefficient (Wildman–Crippen LogP) is 3.82. The van der Waals surface area contributed by atoms with Gasteiger partial charge in [-0.2, -0.15) is 10.2 Å². The maximum absolute atomic E-state index is 4.37. The molecule has 1 rings (SSSR count). The lowest BCUT2D eigenvalue weighted by atomic mass is 9.92. The van der Waals surface area contributed by atoms with E-state index in [1.165, 1.54) is 18.4 Å². The Balaban J connectivity index is 2.97. The molecule has 0 saturated carbocycles. The van der Waals surface area contributed by atoms with E-state index in [1.807, 2.05) is 6.92 Å². The molecule has 0 bridgehead atoms. The van der Waals surface area contributed by atoms with Gasteiger partial charge in [-0.1, -0.05) is 34.1 Å². The molecular formula is C16H29N3. The lowest BCUT2D eigenvalue weighted by Crippen LogP contribution is -2.25. The molecule has 0 spiro atoms. The Hall–Kier alpha value is -0.960. The molecule has 1 aromatic rings. The molecule has 2 atom stereocenters. The molecule has 0 aliphatic rings. The Bertz CT molecular complexity index is 376. The molecular weight excluding hydrogens is 234 g/mol. The average Bonchev–Trinajstić information content (AvgIpc) is 2.43. The number of rotatable bonds is 8. The summed E-state index contributed by atoms with van der Waals surface area (Å²) in [6.45, 7) is 12.0. The first-order valence-corrected chi connectivity index (χ1v) is 7.68. The van der Waals surface area contributed by atoms with E-state index in [-0.39, 0.29) is 0 Å². The fraction of sp³-hybridized carbons (Fsp3) is 0.750. The quantitative estimate of drug-likeness (QED) is 0.774. The van der Waals surface area contributed by atoms with Crippen molar-refractivity contribution in [1.29, 1.82) is 0 Å². The van der Waals surface area contributed by atoms with Crippen molar-refractivity contribution < 1.29 is 0 Å². The van der Waals surface area contributed by atoms with Crippen molar-refractivity contribution in [1.82, 2.24) is 15.5 Å². The largest absolute Gasteiger partial charge is 0.310 e. The Morgan fingerprint density at radius 3 is 2.53 bits per heavy atom. The predicted molar refractivity (Wildman–Crippen MR) is 81.3 cm³/mol. The van der Waals surface area contributed by atoms with Crippen LogP contribution in [0.1, 0.15) is 70.0 Å². The third-order valence-corrected chi connectivity index (χ3v) is 3.71. The second-order valence-electron chi connectivity index (χ2n) is 5.50. The summed E-state index contributed by atoms with van der Waals surface area (Å²) in [5.74, 6) is 0.729. The molecule has 0 saturated heterocycles. The molecule has 108 valence electrons. The van der Waals surface area contributed by atoms with E-state index in [4.69, 9.17) is 0 Å². The van der Waals surface area contributed by atoms with Crippen LogP contribution >= 0.6 is 0 Å². The maximum atomic E-state index is 4.37. The van der Waals surface area contributed by atoms with Crippen molar-refractivity contribution in [3.63, 3.8) is 0 Å². The minimum atomic E-state index is 0.416. The Morgan fingerprint density at radius 1 is 1.21 bits per heavy atom. The Labute approximate surface area is 118 Å². The van der Waals surface area contributed by atoms with Crippen LogP contribution in [0.5, 0.6) is 0 Å². The van der Waals surface area contributed by atoms with Gasteiger partial charge in [-0.25, -0.2) is 0 Å². The van der Waals surface area contributed by atoms with Crippen molar-refractivity contribution in [2.24, 2.45) is 5.92 Å². The third kappa shape index (κ3) is 4.90. The second kappa shape index (κ2) is 8.26. The SMILES string of the molecule is CCCNC(CC(C)CC)c1cc(C)nnc1CC. The first-order valence-electron chi connectivity index (χ1n) is 7.68. The van der Waals surface area contributed by atoms with Crippen LogP contribution in [0.15, 0.2) is 6.07 Å². The molecule has 0 aliphatic heterocycles. The van der Waals surface area contributed by atoms with Gasteiger partial charge >= 0.3 is 0 Å². The van der Waals surface area contributed by atoms with Crippen molar-refractivity contribution in [3.05, 3.63) is 23.0 Å². The number of aryl methyl sites for hydroxylation is 2. The fourth-order valence-electron chi connectivity index (χ4n) is 2.32. The van der Waals surface area contributed by atoms with Crippen molar-refractivity contribution in [2.45, 2.75) is 66.3 Å². The average molecular weight is 263 g/mol. The van der Waals surface area contributed by atoms with Crippen LogP contribution in [0.3, 0.4) is 0 Å². The van der Waals surface area contributed by atoms with Crippen LogP contribution in [0.2, 0.25) is 0 Å². The number of aromatic nitrogens is 2. The molecule has 1 aromatic heterocycles. The normalized spacial score (nSPS) is 14.4. The molecule has 1 heterocycles. The van der Waals surface area contributed by atoms with E-state index in [2.05, 4.69) is 49.3 Å². The van der Waals surface area contributed by atoms with Crippen LogP contribution in [-0.2, 0) is 6.42 Å². The van der Waals surface area contributed by atoms with Crippen LogP contribution in [-0.4, -0.2) is 16.7 Å². The van der Waals surface area contributed by atoms with Gasteiger partial charge in [0.2, 0.25) is 0 Å². The molecule has 19 heavy (non-hydrogen) atoms. The number of nitrogens with one attached hydrogen (secondary N) is 1. The summed E-state index contributed by atoms with van der Waals surface area (Å²) >= 11 is 0. The number of hydrogen-bond acceptors (Lipinski definition) is 3. The molecule has 0 radical (unpaired) electrons. The van der Waals surface area contributed by atoms with Crippen molar-refractivity contribution >= 4 is 0 Å². The summed E-state index contributed by atoms with van der Waals surface area (Å²) < 4.78 is 0. The molecule has 0 aromatic carbocycles. The summed E-state index contributed by atoms with van der Waals surface area (Å²) in [6, 6.07) is 2.63. The van der Waals surface area contributed by atoms with Gasteiger partial charge in [-0.05, 0) is 50.3 Å². The van der Waals surface area contributed by atoms with Gasteiger partial charge in [-0.15, -0.1) is 0 Å². The van der Waals surface area contributed by atoms with E-state index < -0.39 is 0 Å². The Kier molecular flexibility index (Phi) is 7.00. The topological polar surface area (TPSA) is 37.8 Å². The zero-order chi connectivity index (χ0) is 14.3. The minimum absolute atomic E-state index is 0.416. The molecule has 3 nitrogen and oxygen atoms in total. The highest BCUT2D eigenvalue weighted by molar-refractivity contribution is 5.25. The fourth-order valence-corrected chi connectivity index (χ4v) is 2.32. The summed E-state index contributed by atoms with van der Waals surface area (Å²) in [5.41, 5.74) is 3.51. The first-order chi connectivity index (χ1) is 9.12. The summed E-state index contributed by atoms with van der Waals surface area (Å²) in [7, 11) is 0. The number of hydrogen-bond donors (Lipinski definition) is 1. The van der Waals surface area contributed by atoms with Crippen LogP contribution in [0.25, 0.3) is 0 Å². The Morgan fingerprint density at radius 2 is 1.95 bits per heavy atom. The summed E-state index contributed by atoms with van der Waals surface area (Å²) in [5, 5.41) is 12.2. The molecule has 1 N–H and O–H groups in total. The second-order valence-corrected chi connectivity index (χ2v) is 5.50. The summed E-state index contributed by atoms with van der Waals surface area (Å²) in [4.78, 5) is 0. The van der Waals surface area contributed by atoms with Gasteiger partial charge in [0.05, 0.1) is 11.4 Å². The molecule has 2 unspecified atom stereocenters. The lowest BCUT2D eigenvalue weighted by molar-refractivity contribution is 0.399. The molecule has 0 amide bonds. The zero-order valence-electron chi connectivity index (χ0n) is 13.2. The van der Waals surface area contributed by atoms with Gasteiger partial charge in [0.1, 0.15) is 0 Å². The zero-order valence-corrected chi connectivity index (χ0v) is 13.2. The van der Waals surface area contributed by atoms with Gasteiger partial charge in [0.25, 0.3) is 0 Å². The van der Waals surface area contributed by atoms with Crippen LogP contribution < -0.4 is 5.32 Å². The molecule has 3 heteroatoms. The van der Waals surface area contributed by atoms with E-state index in [9.17, 15) is 0 Å². The smallest absolute Gasteiger partial charge is 0.0676 e. The van der Waals surface area contributed by atoms with E-state index in [0.29, 0.717) is 6.04 Å².